The number of carboxylic acids is 1. The number of aliphatic carboxylic acids is 1. The highest BCUT2D eigenvalue weighted by Crippen LogP contribution is 2.33. The van der Waals surface area contributed by atoms with Gasteiger partial charge in [0, 0.05) is 7.11 Å². The van der Waals surface area contributed by atoms with Crippen molar-refractivity contribution in [3.05, 3.63) is 53.9 Å². The third-order valence-electron chi connectivity index (χ3n) is 5.35. The topological polar surface area (TPSA) is 119 Å². The Labute approximate surface area is 187 Å². The molecule has 0 fully saturated rings. The standard InChI is InChI=1S/C23H28N2O6S/c1-30-15-20-24-22-18(31-2)12-13-19(23(22)25-20)32(28,29)17(14-21(26)27)11-7-6-10-16-8-4-3-5-9-16/h3-5,8-9,12-13,17H,6-7,10-11,14-15H2,1-2H3,(H,24,25)(H,26,27). The van der Waals surface area contributed by atoms with E-state index in [1.54, 1.807) is 6.07 Å². The molecular weight excluding hydrogens is 432 g/mol. The molecule has 0 spiro atoms. The molecule has 0 amide bonds. The maximum Gasteiger partial charge on any atom is 0.304 e. The van der Waals surface area contributed by atoms with Crippen LogP contribution in [0, 0.1) is 0 Å². The van der Waals surface area contributed by atoms with Gasteiger partial charge in [-0.05, 0) is 37.0 Å². The smallest absolute Gasteiger partial charge is 0.304 e. The lowest BCUT2D eigenvalue weighted by Crippen LogP contribution is -2.25. The molecule has 2 N–H and O–H groups in total. The monoisotopic (exact) mass is 460 g/mol. The van der Waals surface area contributed by atoms with Gasteiger partial charge in [0.25, 0.3) is 0 Å². The Morgan fingerprint density at radius 2 is 1.88 bits per heavy atom. The van der Waals surface area contributed by atoms with E-state index >= 15 is 0 Å². The van der Waals surface area contributed by atoms with Gasteiger partial charge in [0.2, 0.25) is 0 Å². The minimum absolute atomic E-state index is 0.00112. The number of ether oxygens (including phenoxy) is 2. The third kappa shape index (κ3) is 5.46. The first-order chi connectivity index (χ1) is 15.4. The van der Waals surface area contributed by atoms with Gasteiger partial charge in [-0.2, -0.15) is 0 Å². The lowest BCUT2D eigenvalue weighted by molar-refractivity contribution is -0.137. The van der Waals surface area contributed by atoms with E-state index in [2.05, 4.69) is 9.97 Å². The van der Waals surface area contributed by atoms with E-state index in [1.807, 2.05) is 30.3 Å². The summed E-state index contributed by atoms with van der Waals surface area (Å²) in [6.07, 6.45) is 1.98. The van der Waals surface area contributed by atoms with Gasteiger partial charge in [-0.3, -0.25) is 4.79 Å². The summed E-state index contributed by atoms with van der Waals surface area (Å²) in [6, 6.07) is 12.9. The van der Waals surface area contributed by atoms with Gasteiger partial charge >= 0.3 is 5.97 Å². The molecule has 0 bridgehead atoms. The fourth-order valence-electron chi connectivity index (χ4n) is 3.78. The number of nitrogens with one attached hydrogen (secondary N) is 1. The summed E-state index contributed by atoms with van der Waals surface area (Å²) >= 11 is 0. The number of carbonyl (C=O) groups is 1. The third-order valence-corrected chi connectivity index (χ3v) is 7.57. The van der Waals surface area contributed by atoms with E-state index in [-0.39, 0.29) is 23.4 Å². The number of hydrogen-bond acceptors (Lipinski definition) is 6. The number of imidazole rings is 1. The fourth-order valence-corrected chi connectivity index (χ4v) is 5.66. The molecule has 2 aromatic carbocycles. The van der Waals surface area contributed by atoms with Crippen molar-refractivity contribution in [2.45, 2.75) is 48.9 Å². The summed E-state index contributed by atoms with van der Waals surface area (Å²) in [7, 11) is -0.954. The van der Waals surface area contributed by atoms with Crippen LogP contribution in [0.25, 0.3) is 11.0 Å². The van der Waals surface area contributed by atoms with E-state index in [9.17, 15) is 18.3 Å². The van der Waals surface area contributed by atoms with Crippen molar-refractivity contribution < 1.29 is 27.8 Å². The highest BCUT2D eigenvalue weighted by molar-refractivity contribution is 7.92. The minimum Gasteiger partial charge on any atom is -0.494 e. The van der Waals surface area contributed by atoms with Crippen molar-refractivity contribution in [3.8, 4) is 5.75 Å². The first-order valence-electron chi connectivity index (χ1n) is 10.4. The second kappa shape index (κ2) is 10.6. The van der Waals surface area contributed by atoms with Crippen LogP contribution in [-0.4, -0.2) is 48.9 Å². The SMILES string of the molecule is COCc1nc2c(S(=O)(=O)C(CCCCc3ccccc3)CC(=O)O)ccc(OC)c2[nH]1. The van der Waals surface area contributed by atoms with Crippen LogP contribution in [0.5, 0.6) is 5.75 Å². The van der Waals surface area contributed by atoms with Crippen LogP contribution in [0.3, 0.4) is 0 Å². The number of nitrogens with zero attached hydrogens (tertiary/aromatic N) is 1. The second-order valence-corrected chi connectivity index (χ2v) is 9.80. The second-order valence-electron chi connectivity index (χ2n) is 7.60. The van der Waals surface area contributed by atoms with E-state index < -0.39 is 27.5 Å². The van der Waals surface area contributed by atoms with E-state index in [0.717, 1.165) is 12.8 Å². The number of fused-ring (bicyclic) bond motifs is 1. The molecule has 1 heterocycles. The lowest BCUT2D eigenvalue weighted by atomic mass is 10.1. The van der Waals surface area contributed by atoms with Crippen molar-refractivity contribution in [1.29, 1.82) is 0 Å². The molecule has 3 rings (SSSR count). The molecule has 0 radical (unpaired) electrons. The van der Waals surface area contributed by atoms with Crippen LogP contribution in [0.2, 0.25) is 0 Å². The first kappa shape index (κ1) is 23.7. The Kier molecular flexibility index (Phi) is 7.87. The average molecular weight is 461 g/mol. The zero-order valence-corrected chi connectivity index (χ0v) is 19.0. The Morgan fingerprint density at radius 3 is 2.53 bits per heavy atom. The van der Waals surface area contributed by atoms with E-state index in [4.69, 9.17) is 9.47 Å². The van der Waals surface area contributed by atoms with E-state index in [1.165, 1.54) is 25.8 Å². The van der Waals surface area contributed by atoms with Crippen molar-refractivity contribution in [3.63, 3.8) is 0 Å². The molecule has 32 heavy (non-hydrogen) atoms. The molecule has 9 heteroatoms. The van der Waals surface area contributed by atoms with Crippen molar-refractivity contribution in [1.82, 2.24) is 9.97 Å². The van der Waals surface area contributed by atoms with E-state index in [0.29, 0.717) is 23.5 Å². The molecule has 172 valence electrons. The molecule has 1 aromatic heterocycles. The zero-order valence-electron chi connectivity index (χ0n) is 18.2. The highest BCUT2D eigenvalue weighted by atomic mass is 32.2. The molecule has 0 aliphatic carbocycles. The number of H-pyrrole nitrogens is 1. The van der Waals surface area contributed by atoms with Crippen molar-refractivity contribution in [2.24, 2.45) is 0 Å². The van der Waals surface area contributed by atoms with Gasteiger partial charge in [-0.25, -0.2) is 13.4 Å². The van der Waals surface area contributed by atoms with Gasteiger partial charge in [0.05, 0.1) is 23.7 Å². The molecule has 8 nitrogen and oxygen atoms in total. The summed E-state index contributed by atoms with van der Waals surface area (Å²) in [5.41, 5.74) is 1.85. The van der Waals surface area contributed by atoms with Crippen molar-refractivity contribution in [2.75, 3.05) is 14.2 Å². The predicted octanol–water partition coefficient (Wildman–Crippen LogP) is 3.75. The highest BCUT2D eigenvalue weighted by Gasteiger charge is 2.32. The van der Waals surface area contributed by atoms with Gasteiger partial charge in [-0.15, -0.1) is 0 Å². The summed E-state index contributed by atoms with van der Waals surface area (Å²) in [6.45, 7) is 0.176. The van der Waals surface area contributed by atoms with Gasteiger partial charge in [0.15, 0.2) is 9.84 Å². The minimum atomic E-state index is -3.95. The Balaban J connectivity index is 1.87. The number of unbranched alkanes of at least 4 members (excludes halogenated alkanes) is 1. The number of aromatic amines is 1. The maximum atomic E-state index is 13.5. The number of benzene rings is 2. The van der Waals surface area contributed by atoms with Gasteiger partial charge < -0.3 is 19.6 Å². The quantitative estimate of drug-likeness (QED) is 0.395. The number of hydrogen-bond donors (Lipinski definition) is 2. The Bertz CT molecular complexity index is 1160. The summed E-state index contributed by atoms with van der Waals surface area (Å²) in [5, 5.41) is 8.33. The molecule has 3 aromatic rings. The van der Waals surface area contributed by atoms with Gasteiger partial charge in [-0.1, -0.05) is 36.8 Å². The van der Waals surface area contributed by atoms with Gasteiger partial charge in [0.1, 0.15) is 29.2 Å². The largest absolute Gasteiger partial charge is 0.494 e. The number of rotatable bonds is 12. The molecule has 0 saturated heterocycles. The van der Waals surface area contributed by atoms with Crippen LogP contribution in [0.4, 0.5) is 0 Å². The molecule has 1 atom stereocenters. The van der Waals surface area contributed by atoms with Crippen LogP contribution in [-0.2, 0) is 32.4 Å². The van der Waals surface area contributed by atoms with Crippen LogP contribution < -0.4 is 4.74 Å². The first-order valence-corrected chi connectivity index (χ1v) is 12.0. The predicted molar refractivity (Wildman–Crippen MR) is 121 cm³/mol. The van der Waals surface area contributed by atoms with Crippen molar-refractivity contribution >= 4 is 26.8 Å². The molecule has 0 aliphatic rings. The van der Waals surface area contributed by atoms with Crippen LogP contribution >= 0.6 is 0 Å². The number of carboxylic acid groups (broad SMARTS) is 1. The Morgan fingerprint density at radius 1 is 1.12 bits per heavy atom. The number of aryl methyl sites for hydroxylation is 1. The fraction of sp³-hybridized carbons (Fsp3) is 0.391. The number of methoxy groups -OCH3 is 2. The number of sulfone groups is 1. The summed E-state index contributed by atoms with van der Waals surface area (Å²) in [4.78, 5) is 18.9. The average Bonchev–Trinajstić information content (AvgIpc) is 3.19. The molecular formula is C23H28N2O6S. The van der Waals surface area contributed by atoms with Crippen LogP contribution in [0.15, 0.2) is 47.4 Å². The maximum absolute atomic E-state index is 13.5. The molecule has 0 aliphatic heterocycles. The number of aromatic nitrogens is 2. The summed E-state index contributed by atoms with van der Waals surface area (Å²) in [5.74, 6) is -0.235. The van der Waals surface area contributed by atoms with Crippen LogP contribution in [0.1, 0.15) is 37.1 Å². The molecule has 1 unspecified atom stereocenters. The zero-order chi connectivity index (χ0) is 23.1. The Hall–Kier alpha value is -2.91. The molecule has 0 saturated carbocycles. The summed E-state index contributed by atoms with van der Waals surface area (Å²) < 4.78 is 37.5. The lowest BCUT2D eigenvalue weighted by Gasteiger charge is -2.17. The normalized spacial score (nSPS) is 12.7.